The van der Waals surface area contributed by atoms with Crippen LogP contribution >= 0.6 is 11.3 Å². The van der Waals surface area contributed by atoms with Gasteiger partial charge in [-0.1, -0.05) is 13.0 Å². The maximum absolute atomic E-state index is 12.5. The molecule has 0 bridgehead atoms. The second kappa shape index (κ2) is 8.46. The molecule has 1 amide bonds. The van der Waals surface area contributed by atoms with E-state index >= 15 is 0 Å². The molecule has 0 aliphatic heterocycles. The lowest BCUT2D eigenvalue weighted by molar-refractivity contribution is 0.0953. The molecule has 0 spiro atoms. The minimum absolute atomic E-state index is 0.136. The molecule has 1 aromatic carbocycles. The van der Waals surface area contributed by atoms with Gasteiger partial charge in [0.15, 0.2) is 0 Å². The Morgan fingerprint density at radius 2 is 2.03 bits per heavy atom. The van der Waals surface area contributed by atoms with Gasteiger partial charge in [0.05, 0.1) is 21.8 Å². The Labute approximate surface area is 177 Å². The number of aromatic nitrogens is 3. The predicted octanol–water partition coefficient (Wildman–Crippen LogP) is 4.24. The van der Waals surface area contributed by atoms with Crippen molar-refractivity contribution >= 4 is 39.5 Å². The molecule has 3 N–H and O–H groups in total. The van der Waals surface area contributed by atoms with Crippen LogP contribution in [-0.2, 0) is 0 Å². The Morgan fingerprint density at radius 1 is 1.17 bits per heavy atom. The van der Waals surface area contributed by atoms with Gasteiger partial charge in [0.1, 0.15) is 5.82 Å². The summed E-state index contributed by atoms with van der Waals surface area (Å²) in [4.78, 5) is 36.7. The van der Waals surface area contributed by atoms with Gasteiger partial charge in [-0.05, 0) is 49.1 Å². The fourth-order valence-corrected chi connectivity index (χ4v) is 3.74. The molecule has 152 valence electrons. The first-order valence-corrected chi connectivity index (χ1v) is 10.5. The van der Waals surface area contributed by atoms with Crippen LogP contribution in [0.4, 0.5) is 11.5 Å². The summed E-state index contributed by atoms with van der Waals surface area (Å²) in [5, 5.41) is 10.2. The Hall–Kier alpha value is -3.52. The lowest BCUT2D eigenvalue weighted by atomic mass is 10.1. The second-order valence-electron chi connectivity index (χ2n) is 6.84. The highest BCUT2D eigenvalue weighted by Crippen LogP contribution is 2.28. The number of benzene rings is 1. The fraction of sp³-hybridized carbons (Fsp3) is 0.182. The second-order valence-corrected chi connectivity index (χ2v) is 7.90. The largest absolute Gasteiger partial charge is 0.352 e. The van der Waals surface area contributed by atoms with E-state index in [1.165, 1.54) is 0 Å². The number of pyridine rings is 2. The third-order valence-corrected chi connectivity index (χ3v) is 5.33. The van der Waals surface area contributed by atoms with Gasteiger partial charge in [-0.25, -0.2) is 9.97 Å². The zero-order valence-electron chi connectivity index (χ0n) is 16.7. The Bertz CT molecular complexity index is 1280. The van der Waals surface area contributed by atoms with E-state index in [-0.39, 0.29) is 11.5 Å². The summed E-state index contributed by atoms with van der Waals surface area (Å²) in [7, 11) is 0. The first-order valence-electron chi connectivity index (χ1n) is 9.65. The number of amides is 1. The minimum Gasteiger partial charge on any atom is -0.352 e. The average molecular weight is 420 g/mol. The molecule has 0 atom stereocenters. The highest BCUT2D eigenvalue weighted by atomic mass is 32.1. The van der Waals surface area contributed by atoms with Gasteiger partial charge < -0.3 is 15.6 Å². The topological polar surface area (TPSA) is 99.8 Å². The number of aryl methyl sites for hydroxylation is 1. The highest BCUT2D eigenvalue weighted by molar-refractivity contribution is 7.09. The standard InChI is InChI=1S/C22H21N5O2S/c1-3-8-23-21(28)15-5-4-6-16(10-15)26-20-19-14(7-9-24-22(19)29)11-17(27-20)18-12-30-13(2)25-18/h4-7,9-12H,3,8H2,1-2H3,(H,23,28)(H,24,29)(H,26,27). The van der Waals surface area contributed by atoms with Gasteiger partial charge in [0, 0.05) is 29.4 Å². The van der Waals surface area contributed by atoms with Crippen molar-refractivity contribution in [3.05, 3.63) is 68.9 Å². The number of thiazole rings is 1. The van der Waals surface area contributed by atoms with Crippen molar-refractivity contribution in [3.8, 4) is 11.4 Å². The van der Waals surface area contributed by atoms with Crippen LogP contribution in [0.15, 0.2) is 52.8 Å². The number of fused-ring (bicyclic) bond motifs is 1. The summed E-state index contributed by atoms with van der Waals surface area (Å²) >= 11 is 1.55. The molecular weight excluding hydrogens is 398 g/mol. The SMILES string of the molecule is CCCNC(=O)c1cccc(Nc2nc(-c3csc(C)n3)cc3cc[nH]c(=O)c23)c1. The maximum Gasteiger partial charge on any atom is 0.259 e. The summed E-state index contributed by atoms with van der Waals surface area (Å²) in [5.74, 6) is 0.281. The van der Waals surface area contributed by atoms with Crippen molar-refractivity contribution < 1.29 is 4.79 Å². The number of carbonyl (C=O) groups is 1. The van der Waals surface area contributed by atoms with Crippen molar-refractivity contribution in [1.82, 2.24) is 20.3 Å². The molecule has 0 aliphatic rings. The van der Waals surface area contributed by atoms with Crippen LogP contribution in [0.1, 0.15) is 28.7 Å². The van der Waals surface area contributed by atoms with E-state index in [1.807, 2.05) is 37.4 Å². The van der Waals surface area contributed by atoms with Crippen molar-refractivity contribution in [3.63, 3.8) is 0 Å². The summed E-state index contributed by atoms with van der Waals surface area (Å²) in [6, 6.07) is 10.8. The van der Waals surface area contributed by atoms with E-state index in [9.17, 15) is 9.59 Å². The smallest absolute Gasteiger partial charge is 0.259 e. The van der Waals surface area contributed by atoms with Crippen molar-refractivity contribution in [2.45, 2.75) is 20.3 Å². The van der Waals surface area contributed by atoms with Crippen LogP contribution in [0.5, 0.6) is 0 Å². The number of nitrogens with zero attached hydrogens (tertiary/aromatic N) is 2. The average Bonchev–Trinajstić information content (AvgIpc) is 3.18. The minimum atomic E-state index is -0.236. The fourth-order valence-electron chi connectivity index (χ4n) is 3.13. The van der Waals surface area contributed by atoms with E-state index in [0.717, 1.165) is 22.5 Å². The third-order valence-electron chi connectivity index (χ3n) is 4.56. The van der Waals surface area contributed by atoms with E-state index in [2.05, 4.69) is 25.6 Å². The lowest BCUT2D eigenvalue weighted by Gasteiger charge is -2.11. The Kier molecular flexibility index (Phi) is 5.58. The molecule has 3 aromatic heterocycles. The van der Waals surface area contributed by atoms with Gasteiger partial charge in [0.25, 0.3) is 11.5 Å². The first kappa shape index (κ1) is 19.8. The van der Waals surface area contributed by atoms with Crippen LogP contribution in [-0.4, -0.2) is 27.4 Å². The molecule has 0 saturated carbocycles. The van der Waals surface area contributed by atoms with Gasteiger partial charge in [-0.15, -0.1) is 11.3 Å². The molecule has 8 heteroatoms. The van der Waals surface area contributed by atoms with Gasteiger partial charge >= 0.3 is 0 Å². The van der Waals surface area contributed by atoms with Crippen LogP contribution < -0.4 is 16.2 Å². The molecular formula is C22H21N5O2S. The number of carbonyl (C=O) groups excluding carboxylic acids is 1. The molecule has 4 aromatic rings. The van der Waals surface area contributed by atoms with Gasteiger partial charge in [-0.3, -0.25) is 9.59 Å². The van der Waals surface area contributed by atoms with Crippen LogP contribution in [0.2, 0.25) is 0 Å². The van der Waals surface area contributed by atoms with Crippen LogP contribution in [0.3, 0.4) is 0 Å². The number of rotatable bonds is 6. The summed E-state index contributed by atoms with van der Waals surface area (Å²) in [6.07, 6.45) is 2.48. The highest BCUT2D eigenvalue weighted by Gasteiger charge is 2.14. The van der Waals surface area contributed by atoms with E-state index in [4.69, 9.17) is 0 Å². The normalized spacial score (nSPS) is 10.9. The van der Waals surface area contributed by atoms with Gasteiger partial charge in [-0.2, -0.15) is 0 Å². The predicted molar refractivity (Wildman–Crippen MR) is 121 cm³/mol. The van der Waals surface area contributed by atoms with Crippen molar-refractivity contribution in [1.29, 1.82) is 0 Å². The molecule has 0 aliphatic carbocycles. The van der Waals surface area contributed by atoms with Crippen molar-refractivity contribution in [2.24, 2.45) is 0 Å². The maximum atomic E-state index is 12.5. The first-order chi connectivity index (χ1) is 14.5. The zero-order valence-corrected chi connectivity index (χ0v) is 17.5. The summed E-state index contributed by atoms with van der Waals surface area (Å²) in [6.45, 7) is 4.56. The van der Waals surface area contributed by atoms with Crippen LogP contribution in [0.25, 0.3) is 22.2 Å². The van der Waals surface area contributed by atoms with Crippen LogP contribution in [0, 0.1) is 6.92 Å². The lowest BCUT2D eigenvalue weighted by Crippen LogP contribution is -2.23. The monoisotopic (exact) mass is 419 g/mol. The van der Waals surface area contributed by atoms with E-state index < -0.39 is 0 Å². The Balaban J connectivity index is 1.77. The summed E-state index contributed by atoms with van der Waals surface area (Å²) in [5.41, 5.74) is 2.41. The number of anilines is 2. The molecule has 3 heterocycles. The third kappa shape index (κ3) is 4.08. The molecule has 0 unspecified atom stereocenters. The quantitative estimate of drug-likeness (QED) is 0.434. The van der Waals surface area contributed by atoms with Crippen molar-refractivity contribution in [2.75, 3.05) is 11.9 Å². The number of hydrogen-bond acceptors (Lipinski definition) is 6. The molecule has 0 radical (unpaired) electrons. The number of H-pyrrole nitrogens is 1. The molecule has 0 saturated heterocycles. The Morgan fingerprint density at radius 3 is 2.80 bits per heavy atom. The summed E-state index contributed by atoms with van der Waals surface area (Å²) < 4.78 is 0. The number of nitrogens with one attached hydrogen (secondary N) is 3. The molecule has 7 nitrogen and oxygen atoms in total. The molecule has 30 heavy (non-hydrogen) atoms. The van der Waals surface area contributed by atoms with E-state index in [1.54, 1.807) is 35.7 Å². The number of aromatic amines is 1. The zero-order chi connectivity index (χ0) is 21.1. The molecule has 0 fully saturated rings. The molecule has 4 rings (SSSR count). The van der Waals surface area contributed by atoms with Gasteiger partial charge in [0.2, 0.25) is 0 Å². The number of hydrogen-bond donors (Lipinski definition) is 3. The van der Waals surface area contributed by atoms with E-state index in [0.29, 0.717) is 34.7 Å².